The molecular weight excluding hydrogens is 410 g/mol. The Morgan fingerprint density at radius 2 is 2.21 bits per heavy atom. The highest BCUT2D eigenvalue weighted by Gasteiger charge is 2.48. The second-order valence-electron chi connectivity index (χ2n) is 6.70. The van der Waals surface area contributed by atoms with Crippen LogP contribution < -0.4 is 0 Å². The van der Waals surface area contributed by atoms with Crippen LogP contribution in [-0.4, -0.2) is 47.8 Å². The van der Waals surface area contributed by atoms with Crippen LogP contribution in [0.1, 0.15) is 24.1 Å². The van der Waals surface area contributed by atoms with Gasteiger partial charge >= 0.3 is 5.97 Å². The minimum absolute atomic E-state index is 0.0684. The molecule has 3 saturated heterocycles. The summed E-state index contributed by atoms with van der Waals surface area (Å²) in [6.45, 7) is 3.02. The SMILES string of the molecule is O=C(OC1CN2CCC1CC2)C(O)C1(c2ccc(Br)s2)CC=CS1. The summed E-state index contributed by atoms with van der Waals surface area (Å²) in [6.07, 6.45) is 3.62. The highest BCUT2D eigenvalue weighted by molar-refractivity contribution is 9.11. The van der Waals surface area contributed by atoms with Crippen LogP contribution in [0.25, 0.3) is 0 Å². The molecule has 7 heteroatoms. The van der Waals surface area contributed by atoms with Crippen molar-refractivity contribution in [1.82, 2.24) is 4.90 Å². The van der Waals surface area contributed by atoms with Crippen LogP contribution in [0, 0.1) is 5.92 Å². The van der Waals surface area contributed by atoms with E-state index >= 15 is 0 Å². The molecule has 24 heavy (non-hydrogen) atoms. The summed E-state index contributed by atoms with van der Waals surface area (Å²) in [7, 11) is 0. The van der Waals surface area contributed by atoms with E-state index in [1.54, 1.807) is 11.3 Å². The van der Waals surface area contributed by atoms with Gasteiger partial charge < -0.3 is 9.84 Å². The average molecular weight is 430 g/mol. The summed E-state index contributed by atoms with van der Waals surface area (Å²) in [5.74, 6) is -0.0261. The lowest BCUT2D eigenvalue weighted by Crippen LogP contribution is -2.53. The number of allylic oxidation sites excluding steroid dienone is 1. The fourth-order valence-corrected chi connectivity index (χ4v) is 6.71. The number of rotatable bonds is 4. The number of thiophene rings is 1. The Hall–Kier alpha value is -0.340. The molecule has 5 rings (SSSR count). The third kappa shape index (κ3) is 2.98. The maximum Gasteiger partial charge on any atom is 0.337 e. The number of thioether (sulfide) groups is 1. The van der Waals surface area contributed by atoms with Crippen LogP contribution in [0.4, 0.5) is 0 Å². The molecule has 0 aromatic carbocycles. The predicted molar refractivity (Wildman–Crippen MR) is 100 cm³/mol. The zero-order chi connectivity index (χ0) is 16.7. The van der Waals surface area contributed by atoms with E-state index in [2.05, 4.69) is 20.8 Å². The smallest absolute Gasteiger partial charge is 0.337 e. The number of esters is 1. The zero-order valence-corrected chi connectivity index (χ0v) is 16.4. The number of hydrogen-bond donors (Lipinski definition) is 1. The molecule has 5 heterocycles. The number of halogens is 1. The largest absolute Gasteiger partial charge is 0.459 e. The average Bonchev–Trinajstić information content (AvgIpc) is 3.25. The Labute approximate surface area is 158 Å². The lowest BCUT2D eigenvalue weighted by Gasteiger charge is -2.44. The van der Waals surface area contributed by atoms with Crippen LogP contribution in [-0.2, 0) is 14.3 Å². The number of ether oxygens (including phenoxy) is 1. The molecule has 0 radical (unpaired) electrons. The van der Waals surface area contributed by atoms with Gasteiger partial charge in [-0.2, -0.15) is 0 Å². The normalized spacial score (nSPS) is 36.0. The number of nitrogens with zero attached hydrogens (tertiary/aromatic N) is 1. The number of carbonyl (C=O) groups is 1. The third-order valence-corrected chi connectivity index (χ3v) is 8.60. The summed E-state index contributed by atoms with van der Waals surface area (Å²) in [6, 6.07) is 3.95. The van der Waals surface area contributed by atoms with Gasteiger partial charge in [0.1, 0.15) is 6.10 Å². The summed E-state index contributed by atoms with van der Waals surface area (Å²) in [5, 5.41) is 12.8. The first-order valence-electron chi connectivity index (χ1n) is 8.28. The van der Waals surface area contributed by atoms with Crippen molar-refractivity contribution in [2.45, 2.75) is 36.2 Å². The van der Waals surface area contributed by atoms with Crippen LogP contribution in [0.3, 0.4) is 0 Å². The molecule has 0 saturated carbocycles. The number of aliphatic hydroxyl groups is 1. The Bertz CT molecular complexity index is 646. The maximum absolute atomic E-state index is 12.7. The van der Waals surface area contributed by atoms with Crippen molar-refractivity contribution < 1.29 is 14.6 Å². The van der Waals surface area contributed by atoms with Gasteiger partial charge in [-0.15, -0.1) is 23.1 Å². The first-order valence-corrected chi connectivity index (χ1v) is 10.8. The van der Waals surface area contributed by atoms with Crippen LogP contribution in [0.5, 0.6) is 0 Å². The van der Waals surface area contributed by atoms with E-state index in [4.69, 9.17) is 4.74 Å². The van der Waals surface area contributed by atoms with E-state index < -0.39 is 16.8 Å². The quantitative estimate of drug-likeness (QED) is 0.743. The van der Waals surface area contributed by atoms with Crippen molar-refractivity contribution in [1.29, 1.82) is 0 Å². The molecule has 0 amide bonds. The molecule has 1 N–H and O–H groups in total. The second kappa shape index (κ2) is 6.76. The van der Waals surface area contributed by atoms with E-state index in [1.165, 1.54) is 11.8 Å². The highest BCUT2D eigenvalue weighted by atomic mass is 79.9. The minimum Gasteiger partial charge on any atom is -0.459 e. The van der Waals surface area contributed by atoms with Gasteiger partial charge in [0.2, 0.25) is 0 Å². The van der Waals surface area contributed by atoms with Gasteiger partial charge in [0.25, 0.3) is 0 Å². The third-order valence-electron chi connectivity index (χ3n) is 5.31. The van der Waals surface area contributed by atoms with Gasteiger partial charge in [-0.3, -0.25) is 4.90 Å². The first kappa shape index (κ1) is 17.1. The molecule has 4 aliphatic heterocycles. The molecule has 1 aromatic heterocycles. The molecule has 1 aromatic rings. The number of hydrogen-bond acceptors (Lipinski definition) is 6. The van der Waals surface area contributed by atoms with Crippen LogP contribution in [0.15, 0.2) is 27.4 Å². The fraction of sp³-hybridized carbons (Fsp3) is 0.588. The van der Waals surface area contributed by atoms with Crippen molar-refractivity contribution >= 4 is 45.0 Å². The molecule has 2 bridgehead atoms. The number of piperidine rings is 3. The standard InChI is InChI=1S/C17H20BrNO3S2/c18-14-3-2-13(24-14)17(6-1-9-23-17)15(20)16(21)22-12-10-19-7-4-11(12)5-8-19/h1-3,9,11-12,15,20H,4-8,10H2. The molecule has 4 nitrogen and oxygen atoms in total. The molecule has 3 unspecified atom stereocenters. The minimum atomic E-state index is -1.15. The van der Waals surface area contributed by atoms with E-state index in [1.807, 2.05) is 23.6 Å². The predicted octanol–water partition coefficient (Wildman–Crippen LogP) is 3.35. The van der Waals surface area contributed by atoms with Gasteiger partial charge in [0.15, 0.2) is 6.10 Å². The molecule has 0 aliphatic carbocycles. The monoisotopic (exact) mass is 429 g/mol. The van der Waals surface area contributed by atoms with Gasteiger partial charge in [-0.25, -0.2) is 4.79 Å². The molecule has 130 valence electrons. The summed E-state index contributed by atoms with van der Waals surface area (Å²) < 4.78 is 6.13. The Kier molecular flexibility index (Phi) is 4.81. The fourth-order valence-electron chi connectivity index (χ4n) is 3.90. The van der Waals surface area contributed by atoms with E-state index in [9.17, 15) is 9.90 Å². The van der Waals surface area contributed by atoms with Crippen molar-refractivity contribution in [2.24, 2.45) is 5.92 Å². The summed E-state index contributed by atoms with van der Waals surface area (Å²) in [4.78, 5) is 16.1. The zero-order valence-electron chi connectivity index (χ0n) is 13.2. The van der Waals surface area contributed by atoms with Gasteiger partial charge in [-0.05, 0) is 71.7 Å². The molecule has 3 fully saturated rings. The summed E-state index contributed by atoms with van der Waals surface area (Å²) >= 11 is 6.56. The lowest BCUT2D eigenvalue weighted by atomic mass is 9.85. The van der Waals surface area contributed by atoms with E-state index in [0.29, 0.717) is 12.3 Å². The Morgan fingerprint density at radius 1 is 1.42 bits per heavy atom. The van der Waals surface area contributed by atoms with E-state index in [-0.39, 0.29) is 6.10 Å². The van der Waals surface area contributed by atoms with Crippen molar-refractivity contribution in [2.75, 3.05) is 19.6 Å². The lowest BCUT2D eigenvalue weighted by molar-refractivity contribution is -0.170. The topological polar surface area (TPSA) is 49.8 Å². The van der Waals surface area contributed by atoms with Crippen molar-refractivity contribution in [3.8, 4) is 0 Å². The number of carbonyl (C=O) groups excluding carboxylic acids is 1. The van der Waals surface area contributed by atoms with Crippen molar-refractivity contribution in [3.63, 3.8) is 0 Å². The Morgan fingerprint density at radius 3 is 2.75 bits per heavy atom. The second-order valence-corrected chi connectivity index (χ2v) is 10.4. The van der Waals surface area contributed by atoms with E-state index in [0.717, 1.165) is 41.1 Å². The first-order chi connectivity index (χ1) is 11.6. The summed E-state index contributed by atoms with van der Waals surface area (Å²) in [5.41, 5.74) is 0. The van der Waals surface area contributed by atoms with Crippen LogP contribution in [0.2, 0.25) is 0 Å². The maximum atomic E-state index is 12.7. The van der Waals surface area contributed by atoms with Gasteiger partial charge in [0, 0.05) is 11.4 Å². The van der Waals surface area contributed by atoms with Crippen LogP contribution >= 0.6 is 39.0 Å². The van der Waals surface area contributed by atoms with Gasteiger partial charge in [0.05, 0.1) is 8.53 Å². The molecular formula is C17H20BrNO3S2. The Balaban J connectivity index is 1.50. The molecule has 4 aliphatic rings. The molecule has 3 atom stereocenters. The van der Waals surface area contributed by atoms with Crippen molar-refractivity contribution in [3.05, 3.63) is 32.3 Å². The van der Waals surface area contributed by atoms with Gasteiger partial charge in [-0.1, -0.05) is 6.08 Å². The molecule has 0 spiro atoms. The number of aliphatic hydroxyl groups excluding tert-OH is 1. The number of fused-ring (bicyclic) bond motifs is 3. The highest BCUT2D eigenvalue weighted by Crippen LogP contribution is 2.51.